The third-order valence-corrected chi connectivity index (χ3v) is 6.28. The molecule has 0 spiro atoms. The monoisotopic (exact) mass is 492 g/mol. The van der Waals surface area contributed by atoms with E-state index in [2.05, 4.69) is 27.8 Å². The molecule has 1 aromatic heterocycles. The first-order chi connectivity index (χ1) is 16.8. The number of hydrogen-bond donors (Lipinski definition) is 2. The van der Waals surface area contributed by atoms with E-state index in [-0.39, 0.29) is 42.8 Å². The lowest BCUT2D eigenvalue weighted by Crippen LogP contribution is -2.42. The van der Waals surface area contributed by atoms with Crippen molar-refractivity contribution in [2.75, 3.05) is 11.9 Å². The highest BCUT2D eigenvalue weighted by molar-refractivity contribution is 7.13. The van der Waals surface area contributed by atoms with E-state index >= 15 is 0 Å². The Bertz CT molecular complexity index is 1120. The highest BCUT2D eigenvalue weighted by Crippen LogP contribution is 2.17. The van der Waals surface area contributed by atoms with E-state index in [1.165, 1.54) is 21.8 Å². The van der Waals surface area contributed by atoms with Crippen LogP contribution in [0.1, 0.15) is 48.8 Å². The Hall–Kier alpha value is -3.52. The average molecular weight is 493 g/mol. The Morgan fingerprint density at radius 3 is 2.26 bits per heavy atom. The summed E-state index contributed by atoms with van der Waals surface area (Å²) >= 11 is 1.26. The summed E-state index contributed by atoms with van der Waals surface area (Å²) in [5, 5.41) is 7.93. The average Bonchev–Trinajstić information content (AvgIpc) is 3.28. The Morgan fingerprint density at radius 1 is 0.943 bits per heavy atom. The number of carbonyl (C=O) groups is 3. The minimum absolute atomic E-state index is 0.0460. The van der Waals surface area contributed by atoms with Crippen molar-refractivity contribution in [2.24, 2.45) is 0 Å². The molecule has 1 atom stereocenters. The molecule has 2 aromatic carbocycles. The number of rotatable bonds is 11. The van der Waals surface area contributed by atoms with Gasteiger partial charge in [-0.3, -0.25) is 14.4 Å². The topological polar surface area (TPSA) is 91.4 Å². The molecule has 0 radical (unpaired) electrons. The van der Waals surface area contributed by atoms with Crippen LogP contribution < -0.4 is 10.6 Å². The molecular formula is C27H32N4O3S. The van der Waals surface area contributed by atoms with Crippen LogP contribution in [0.15, 0.2) is 66.0 Å². The SMILES string of the molecule is CC(CCc1ccccc1)NC(=O)Cc1csc(NC(=O)CN(C(=O)c2ccccc2)C(C)C)n1. The zero-order chi connectivity index (χ0) is 25.2. The van der Waals surface area contributed by atoms with Crippen molar-refractivity contribution in [1.29, 1.82) is 0 Å². The minimum Gasteiger partial charge on any atom is -0.353 e. The summed E-state index contributed by atoms with van der Waals surface area (Å²) in [6.07, 6.45) is 1.89. The summed E-state index contributed by atoms with van der Waals surface area (Å²) in [5.41, 5.74) is 2.38. The maximum Gasteiger partial charge on any atom is 0.254 e. The van der Waals surface area contributed by atoms with Crippen molar-refractivity contribution < 1.29 is 14.4 Å². The van der Waals surface area contributed by atoms with E-state index in [1.807, 2.05) is 45.0 Å². The lowest BCUT2D eigenvalue weighted by atomic mass is 10.1. The number of nitrogens with one attached hydrogen (secondary N) is 2. The van der Waals surface area contributed by atoms with E-state index < -0.39 is 0 Å². The molecule has 8 heteroatoms. The van der Waals surface area contributed by atoms with Gasteiger partial charge >= 0.3 is 0 Å². The van der Waals surface area contributed by atoms with E-state index in [9.17, 15) is 14.4 Å². The molecule has 3 aromatic rings. The number of amides is 3. The van der Waals surface area contributed by atoms with E-state index in [4.69, 9.17) is 0 Å². The number of carbonyl (C=O) groups excluding carboxylic acids is 3. The van der Waals surface area contributed by atoms with Crippen LogP contribution in [0.4, 0.5) is 5.13 Å². The maximum absolute atomic E-state index is 12.8. The molecule has 0 fully saturated rings. The molecule has 35 heavy (non-hydrogen) atoms. The quantitative estimate of drug-likeness (QED) is 0.417. The molecule has 0 aliphatic rings. The van der Waals surface area contributed by atoms with Gasteiger partial charge in [0.1, 0.15) is 6.54 Å². The number of hydrogen-bond acceptors (Lipinski definition) is 5. The maximum atomic E-state index is 12.8. The summed E-state index contributed by atoms with van der Waals surface area (Å²) in [6, 6.07) is 19.0. The summed E-state index contributed by atoms with van der Waals surface area (Å²) < 4.78 is 0. The van der Waals surface area contributed by atoms with Crippen LogP contribution in [0, 0.1) is 0 Å². The van der Waals surface area contributed by atoms with Gasteiger partial charge in [-0.1, -0.05) is 48.5 Å². The Kier molecular flexibility index (Phi) is 9.55. The van der Waals surface area contributed by atoms with Gasteiger partial charge in [-0.05, 0) is 51.3 Å². The molecule has 0 aliphatic carbocycles. The predicted molar refractivity (Wildman–Crippen MR) is 139 cm³/mol. The van der Waals surface area contributed by atoms with E-state index in [0.717, 1.165) is 12.8 Å². The molecule has 0 saturated carbocycles. The van der Waals surface area contributed by atoms with Crippen LogP contribution in [-0.2, 0) is 22.4 Å². The van der Waals surface area contributed by atoms with Crippen molar-refractivity contribution in [3.63, 3.8) is 0 Å². The Morgan fingerprint density at radius 2 is 1.60 bits per heavy atom. The van der Waals surface area contributed by atoms with Crippen LogP contribution in [0.5, 0.6) is 0 Å². The van der Waals surface area contributed by atoms with Crippen LogP contribution in [-0.4, -0.2) is 46.2 Å². The van der Waals surface area contributed by atoms with Crippen LogP contribution >= 0.6 is 11.3 Å². The fourth-order valence-corrected chi connectivity index (χ4v) is 4.31. The van der Waals surface area contributed by atoms with Gasteiger partial charge in [0.25, 0.3) is 5.91 Å². The molecule has 7 nitrogen and oxygen atoms in total. The first-order valence-electron chi connectivity index (χ1n) is 11.8. The smallest absolute Gasteiger partial charge is 0.254 e. The van der Waals surface area contributed by atoms with Crippen molar-refractivity contribution in [3.8, 4) is 0 Å². The normalized spacial score (nSPS) is 11.7. The van der Waals surface area contributed by atoms with Gasteiger partial charge in [-0.2, -0.15) is 0 Å². The molecular weight excluding hydrogens is 460 g/mol. The zero-order valence-corrected chi connectivity index (χ0v) is 21.2. The summed E-state index contributed by atoms with van der Waals surface area (Å²) in [7, 11) is 0. The van der Waals surface area contributed by atoms with Gasteiger partial charge in [0.2, 0.25) is 11.8 Å². The molecule has 1 heterocycles. The predicted octanol–water partition coefficient (Wildman–Crippen LogP) is 4.31. The van der Waals surface area contributed by atoms with Crippen molar-refractivity contribution in [2.45, 2.75) is 52.1 Å². The highest BCUT2D eigenvalue weighted by atomic mass is 32.1. The van der Waals surface area contributed by atoms with Gasteiger partial charge in [-0.25, -0.2) is 4.98 Å². The van der Waals surface area contributed by atoms with Crippen molar-refractivity contribution >= 4 is 34.2 Å². The third-order valence-electron chi connectivity index (χ3n) is 5.47. The second-order valence-electron chi connectivity index (χ2n) is 8.75. The zero-order valence-electron chi connectivity index (χ0n) is 20.4. The first-order valence-corrected chi connectivity index (χ1v) is 12.6. The third kappa shape index (κ3) is 8.33. The fourth-order valence-electron chi connectivity index (χ4n) is 3.58. The van der Waals surface area contributed by atoms with Crippen molar-refractivity contribution in [1.82, 2.24) is 15.2 Å². The van der Waals surface area contributed by atoms with Crippen LogP contribution in [0.3, 0.4) is 0 Å². The van der Waals surface area contributed by atoms with Gasteiger partial charge in [-0.15, -0.1) is 11.3 Å². The number of aryl methyl sites for hydroxylation is 1. The Balaban J connectivity index is 1.47. The lowest BCUT2D eigenvalue weighted by Gasteiger charge is -2.26. The van der Waals surface area contributed by atoms with Crippen LogP contribution in [0.2, 0.25) is 0 Å². The lowest BCUT2D eigenvalue weighted by molar-refractivity contribution is -0.121. The number of benzene rings is 2. The molecule has 1 unspecified atom stereocenters. The Labute approximate surface area is 210 Å². The van der Waals surface area contributed by atoms with E-state index in [1.54, 1.807) is 29.6 Å². The largest absolute Gasteiger partial charge is 0.353 e. The molecule has 2 N–H and O–H groups in total. The van der Waals surface area contributed by atoms with Crippen LogP contribution in [0.25, 0.3) is 0 Å². The summed E-state index contributed by atoms with van der Waals surface area (Å²) in [6.45, 7) is 5.65. The van der Waals surface area contributed by atoms with Gasteiger partial charge < -0.3 is 15.5 Å². The number of anilines is 1. The first kappa shape index (κ1) is 26.1. The number of nitrogens with zero attached hydrogens (tertiary/aromatic N) is 2. The van der Waals surface area contributed by atoms with Gasteiger partial charge in [0.05, 0.1) is 12.1 Å². The second-order valence-corrected chi connectivity index (χ2v) is 9.61. The molecule has 0 aliphatic heterocycles. The van der Waals surface area contributed by atoms with Gasteiger partial charge in [0, 0.05) is 23.0 Å². The van der Waals surface area contributed by atoms with Gasteiger partial charge in [0.15, 0.2) is 5.13 Å². The molecule has 3 amide bonds. The molecule has 184 valence electrons. The fraction of sp³-hybridized carbons (Fsp3) is 0.333. The standard InChI is InChI=1S/C27H32N4O3S/c1-19(2)31(26(34)22-12-8-5-9-13-22)17-25(33)30-27-29-23(18-35-27)16-24(32)28-20(3)14-15-21-10-6-4-7-11-21/h4-13,18-20H,14-17H2,1-3H3,(H,28,32)(H,29,30,33). The van der Waals surface area contributed by atoms with E-state index in [0.29, 0.717) is 16.4 Å². The summed E-state index contributed by atoms with van der Waals surface area (Å²) in [5.74, 6) is -0.635. The molecule has 0 bridgehead atoms. The molecule has 0 saturated heterocycles. The second kappa shape index (κ2) is 12.8. The summed E-state index contributed by atoms with van der Waals surface area (Å²) in [4.78, 5) is 43.7. The minimum atomic E-state index is -0.331. The number of aromatic nitrogens is 1. The highest BCUT2D eigenvalue weighted by Gasteiger charge is 2.22. The number of thiazole rings is 1. The molecule has 3 rings (SSSR count). The van der Waals surface area contributed by atoms with Crippen molar-refractivity contribution in [3.05, 3.63) is 82.9 Å².